The van der Waals surface area contributed by atoms with Crippen LogP contribution in [0.1, 0.15) is 28.0 Å². The van der Waals surface area contributed by atoms with Gasteiger partial charge in [-0.15, -0.1) is 11.3 Å². The Hall–Kier alpha value is -3.42. The lowest BCUT2D eigenvalue weighted by atomic mass is 10.1. The Kier molecular flexibility index (Phi) is 6.91. The highest BCUT2D eigenvalue weighted by Gasteiger charge is 2.24. The van der Waals surface area contributed by atoms with Crippen LogP contribution < -0.4 is 4.90 Å². The minimum Gasteiger partial charge on any atom is -0.370 e. The highest BCUT2D eigenvalue weighted by molar-refractivity contribution is 8.01. The summed E-state index contributed by atoms with van der Waals surface area (Å²) in [5.41, 5.74) is 2.71. The van der Waals surface area contributed by atoms with Gasteiger partial charge in [0.05, 0.1) is 21.5 Å². The average molecular weight is 480 g/mol. The number of hydrogen-bond acceptors (Lipinski definition) is 8. The fraction of sp³-hybridized carbons (Fsp3) is 0.261. The van der Waals surface area contributed by atoms with Crippen LogP contribution in [0.4, 0.5) is 11.4 Å². The van der Waals surface area contributed by atoms with Gasteiger partial charge in [-0.25, -0.2) is 4.98 Å². The summed E-state index contributed by atoms with van der Waals surface area (Å²) in [6, 6.07) is 14.2. The molecule has 0 N–H and O–H groups in total. The van der Waals surface area contributed by atoms with E-state index in [1.807, 2.05) is 24.4 Å². The zero-order valence-electron chi connectivity index (χ0n) is 17.9. The number of aromatic nitrogens is 1. The molecule has 1 saturated heterocycles. The van der Waals surface area contributed by atoms with Crippen molar-refractivity contribution in [1.82, 2.24) is 9.88 Å². The number of aryl methyl sites for hydroxylation is 1. The topological polar surface area (TPSA) is 103 Å². The maximum atomic E-state index is 13.2. The van der Waals surface area contributed by atoms with Gasteiger partial charge in [0.25, 0.3) is 11.6 Å². The van der Waals surface area contributed by atoms with Crippen molar-refractivity contribution in [2.45, 2.75) is 22.6 Å². The largest absolute Gasteiger partial charge is 0.370 e. The normalized spacial score (nSPS) is 13.9. The van der Waals surface area contributed by atoms with Crippen LogP contribution in [-0.4, -0.2) is 46.9 Å². The molecule has 0 bridgehead atoms. The van der Waals surface area contributed by atoms with Crippen molar-refractivity contribution in [3.63, 3.8) is 0 Å². The summed E-state index contributed by atoms with van der Waals surface area (Å²) in [6.45, 7) is 4.41. The number of rotatable bonds is 5. The third-order valence-electron chi connectivity index (χ3n) is 5.34. The number of nitro groups is 1. The van der Waals surface area contributed by atoms with Crippen molar-refractivity contribution < 1.29 is 9.72 Å². The third-order valence-corrected chi connectivity index (χ3v) is 7.46. The first-order chi connectivity index (χ1) is 15.9. The lowest BCUT2D eigenvalue weighted by Gasteiger charge is -2.24. The fourth-order valence-corrected chi connectivity index (χ4v) is 5.54. The molecule has 0 radical (unpaired) electrons. The van der Waals surface area contributed by atoms with Crippen molar-refractivity contribution in [2.75, 3.05) is 31.1 Å². The Labute approximate surface area is 199 Å². The number of anilines is 1. The van der Waals surface area contributed by atoms with Crippen LogP contribution in [0.5, 0.6) is 0 Å². The molecule has 8 nitrogen and oxygen atoms in total. The van der Waals surface area contributed by atoms with Gasteiger partial charge in [0.1, 0.15) is 0 Å². The van der Waals surface area contributed by atoms with E-state index in [1.165, 1.54) is 29.2 Å². The molecule has 1 aromatic heterocycles. The van der Waals surface area contributed by atoms with E-state index in [4.69, 9.17) is 5.26 Å². The van der Waals surface area contributed by atoms with Crippen LogP contribution in [-0.2, 0) is 0 Å². The number of carbonyl (C=O) groups is 1. The van der Waals surface area contributed by atoms with E-state index in [0.717, 1.165) is 28.7 Å². The number of benzene rings is 2. The first-order valence-electron chi connectivity index (χ1n) is 10.4. The van der Waals surface area contributed by atoms with Gasteiger partial charge < -0.3 is 9.80 Å². The summed E-state index contributed by atoms with van der Waals surface area (Å²) in [5, 5.41) is 22.6. The van der Waals surface area contributed by atoms with E-state index in [1.54, 1.807) is 29.2 Å². The van der Waals surface area contributed by atoms with Crippen molar-refractivity contribution >= 4 is 40.4 Å². The lowest BCUT2D eigenvalue weighted by Crippen LogP contribution is -2.35. The standard InChI is InChI=1S/C23H21N5O3S2/c1-16-15-32-23(25-16)33-21-8-5-18(13-20(21)28(30)31)22(29)27-10-2-9-26(11-12-27)19-6-3-17(14-24)4-7-19/h3-8,13,15H,2,9-12H2,1H3. The smallest absolute Gasteiger partial charge is 0.284 e. The monoisotopic (exact) mass is 479 g/mol. The zero-order valence-corrected chi connectivity index (χ0v) is 19.6. The minimum absolute atomic E-state index is 0.0901. The Bertz CT molecular complexity index is 1220. The van der Waals surface area contributed by atoms with Crippen LogP contribution in [0.15, 0.2) is 57.1 Å². The molecular formula is C23H21N5O3S2. The number of nitrogens with zero attached hydrogens (tertiary/aromatic N) is 5. The number of carbonyl (C=O) groups excluding carboxylic acids is 1. The van der Waals surface area contributed by atoms with Crippen molar-refractivity contribution in [3.05, 3.63) is 74.8 Å². The van der Waals surface area contributed by atoms with E-state index in [0.29, 0.717) is 35.7 Å². The molecule has 0 saturated carbocycles. The summed E-state index contributed by atoms with van der Waals surface area (Å²) in [7, 11) is 0. The third kappa shape index (κ3) is 5.32. The molecule has 1 amide bonds. The second kappa shape index (κ2) is 10.0. The maximum Gasteiger partial charge on any atom is 0.284 e. The molecule has 0 spiro atoms. The van der Waals surface area contributed by atoms with Crippen molar-refractivity contribution in [2.24, 2.45) is 0 Å². The van der Waals surface area contributed by atoms with Crippen molar-refractivity contribution in [1.29, 1.82) is 5.26 Å². The highest BCUT2D eigenvalue weighted by Crippen LogP contribution is 2.37. The maximum absolute atomic E-state index is 13.2. The minimum atomic E-state index is -0.450. The van der Waals surface area contributed by atoms with Crippen LogP contribution in [0.25, 0.3) is 0 Å². The fourth-order valence-electron chi connectivity index (χ4n) is 3.66. The predicted molar refractivity (Wildman–Crippen MR) is 128 cm³/mol. The predicted octanol–water partition coefficient (Wildman–Crippen LogP) is 4.74. The molecule has 3 aromatic rings. The number of thiazole rings is 1. The number of nitriles is 1. The Morgan fingerprint density at radius 2 is 1.97 bits per heavy atom. The zero-order chi connectivity index (χ0) is 23.4. The quantitative estimate of drug-likeness (QED) is 0.385. The second-order valence-electron chi connectivity index (χ2n) is 7.59. The molecular weight excluding hydrogens is 458 g/mol. The van der Waals surface area contributed by atoms with Gasteiger partial charge >= 0.3 is 0 Å². The molecule has 168 valence electrons. The molecule has 1 fully saturated rings. The van der Waals surface area contributed by atoms with E-state index < -0.39 is 4.92 Å². The van der Waals surface area contributed by atoms with E-state index in [2.05, 4.69) is 16.0 Å². The van der Waals surface area contributed by atoms with Gasteiger partial charge in [0.15, 0.2) is 4.34 Å². The Balaban J connectivity index is 1.48. The molecule has 10 heteroatoms. The Morgan fingerprint density at radius 1 is 1.18 bits per heavy atom. The van der Waals surface area contributed by atoms with Gasteiger partial charge in [-0.2, -0.15) is 5.26 Å². The number of nitro benzene ring substituents is 1. The molecule has 0 atom stereocenters. The summed E-state index contributed by atoms with van der Waals surface area (Å²) in [4.78, 5) is 33.2. The van der Waals surface area contributed by atoms with Crippen LogP contribution >= 0.6 is 23.1 Å². The van der Waals surface area contributed by atoms with Gasteiger partial charge in [0, 0.05) is 54.6 Å². The van der Waals surface area contributed by atoms with Crippen LogP contribution in [0.2, 0.25) is 0 Å². The molecule has 2 aromatic carbocycles. The summed E-state index contributed by atoms with van der Waals surface area (Å²) in [5.74, 6) is -0.207. The lowest BCUT2D eigenvalue weighted by molar-refractivity contribution is -0.387. The van der Waals surface area contributed by atoms with Crippen molar-refractivity contribution in [3.8, 4) is 6.07 Å². The molecule has 2 heterocycles. The Morgan fingerprint density at radius 3 is 2.64 bits per heavy atom. The number of amides is 1. The molecule has 1 aliphatic heterocycles. The molecule has 0 unspecified atom stereocenters. The molecule has 0 aliphatic carbocycles. The SMILES string of the molecule is Cc1csc(Sc2ccc(C(=O)N3CCCN(c4ccc(C#N)cc4)CC3)cc2[N+](=O)[O-])n1. The van der Waals surface area contributed by atoms with E-state index in [9.17, 15) is 14.9 Å². The summed E-state index contributed by atoms with van der Waals surface area (Å²) in [6.07, 6.45) is 0.783. The highest BCUT2D eigenvalue weighted by atomic mass is 32.2. The average Bonchev–Trinajstić information content (AvgIpc) is 3.08. The summed E-state index contributed by atoms with van der Waals surface area (Å²) < 4.78 is 0.727. The number of hydrogen-bond donors (Lipinski definition) is 0. The van der Waals surface area contributed by atoms with Gasteiger partial charge in [0.2, 0.25) is 0 Å². The van der Waals surface area contributed by atoms with Gasteiger partial charge in [-0.05, 0) is 49.7 Å². The van der Waals surface area contributed by atoms with E-state index >= 15 is 0 Å². The summed E-state index contributed by atoms with van der Waals surface area (Å²) >= 11 is 2.67. The molecule has 33 heavy (non-hydrogen) atoms. The van der Waals surface area contributed by atoms with Crippen LogP contribution in [0.3, 0.4) is 0 Å². The first-order valence-corrected chi connectivity index (χ1v) is 12.1. The van der Waals surface area contributed by atoms with Crippen LogP contribution in [0, 0.1) is 28.4 Å². The molecule has 1 aliphatic rings. The van der Waals surface area contributed by atoms with Gasteiger partial charge in [-0.3, -0.25) is 14.9 Å². The van der Waals surface area contributed by atoms with E-state index in [-0.39, 0.29) is 11.6 Å². The van der Waals surface area contributed by atoms with Gasteiger partial charge in [-0.1, -0.05) is 11.8 Å². The second-order valence-corrected chi connectivity index (χ2v) is 9.74. The molecule has 4 rings (SSSR count). The first kappa shape index (κ1) is 22.8.